The van der Waals surface area contributed by atoms with Gasteiger partial charge < -0.3 is 10.2 Å². The molecule has 0 spiro atoms. The van der Waals surface area contributed by atoms with Gasteiger partial charge >= 0.3 is 23.3 Å². The minimum Gasteiger partial charge on any atom is -0.477 e. The van der Waals surface area contributed by atoms with Gasteiger partial charge in [-0.15, -0.1) is 0 Å². The van der Waals surface area contributed by atoms with Crippen LogP contribution >= 0.6 is 11.7 Å². The van der Waals surface area contributed by atoms with Crippen LogP contribution in [0.3, 0.4) is 0 Å². The van der Waals surface area contributed by atoms with Crippen molar-refractivity contribution < 1.29 is 29.6 Å². The zero-order valence-electron chi connectivity index (χ0n) is 9.54. The van der Waals surface area contributed by atoms with E-state index < -0.39 is 55.3 Å². The lowest BCUT2D eigenvalue weighted by Gasteiger charge is -2.03. The molecule has 0 aliphatic heterocycles. The molecule has 13 heteroatoms. The summed E-state index contributed by atoms with van der Waals surface area (Å²) >= 11 is 0.385. The van der Waals surface area contributed by atoms with Gasteiger partial charge in [0, 0.05) is 0 Å². The maximum absolute atomic E-state index is 11.2. The van der Waals surface area contributed by atoms with E-state index in [-0.39, 0.29) is 0 Å². The normalized spacial score (nSPS) is 10.5. The molecule has 0 fully saturated rings. The van der Waals surface area contributed by atoms with Crippen LogP contribution in [0.15, 0.2) is 0 Å². The Morgan fingerprint density at radius 3 is 1.48 bits per heavy atom. The van der Waals surface area contributed by atoms with E-state index in [9.17, 15) is 29.8 Å². The lowest BCUT2D eigenvalue weighted by molar-refractivity contribution is -0.422. The van der Waals surface area contributed by atoms with Gasteiger partial charge in [0.25, 0.3) is 0 Å². The lowest BCUT2D eigenvalue weighted by Crippen LogP contribution is -2.12. The average molecular weight is 314 g/mol. The molecule has 0 saturated heterocycles. The highest BCUT2D eigenvalue weighted by atomic mass is 32.1. The summed E-state index contributed by atoms with van der Waals surface area (Å²) in [6.07, 6.45) is 0. The van der Waals surface area contributed by atoms with Crippen LogP contribution in [-0.2, 0) is 0 Å². The SMILES string of the molecule is O=C(O)c1c([N+](=O)[O-])c([N+](=O)[O-])c(C(=O)O)c2nsnc12. The molecule has 21 heavy (non-hydrogen) atoms. The molecule has 2 N–H and O–H groups in total. The van der Waals surface area contributed by atoms with E-state index in [0.717, 1.165) is 0 Å². The van der Waals surface area contributed by atoms with Crippen LogP contribution in [0.4, 0.5) is 11.4 Å². The van der Waals surface area contributed by atoms with Gasteiger partial charge in [-0.2, -0.15) is 8.75 Å². The van der Waals surface area contributed by atoms with Crippen molar-refractivity contribution in [3.63, 3.8) is 0 Å². The van der Waals surface area contributed by atoms with Crippen molar-refractivity contribution in [1.82, 2.24) is 8.75 Å². The fourth-order valence-electron chi connectivity index (χ4n) is 1.74. The summed E-state index contributed by atoms with van der Waals surface area (Å²) in [5, 5.41) is 40.0. The molecule has 0 amide bonds. The molecule has 0 unspecified atom stereocenters. The molecule has 1 aromatic carbocycles. The van der Waals surface area contributed by atoms with Crippen LogP contribution in [0.1, 0.15) is 20.7 Å². The molecular formula is C8H2N4O8S. The van der Waals surface area contributed by atoms with E-state index in [2.05, 4.69) is 8.75 Å². The Kier molecular flexibility index (Phi) is 3.18. The minimum absolute atomic E-state index is 0.385. The third-order valence-electron chi connectivity index (χ3n) is 2.45. The molecule has 1 aromatic heterocycles. The number of aromatic carboxylic acids is 2. The van der Waals surface area contributed by atoms with E-state index >= 15 is 0 Å². The first-order valence-corrected chi connectivity index (χ1v) is 5.58. The van der Waals surface area contributed by atoms with E-state index in [1.807, 2.05) is 0 Å². The van der Waals surface area contributed by atoms with Crippen LogP contribution in [-0.4, -0.2) is 40.7 Å². The number of carbonyl (C=O) groups is 2. The summed E-state index contributed by atoms with van der Waals surface area (Å²) in [6, 6.07) is 0. The number of fused-ring (bicyclic) bond motifs is 1. The number of nitro benzene ring substituents is 2. The Hall–Kier alpha value is -3.22. The first-order valence-electron chi connectivity index (χ1n) is 4.85. The third-order valence-corrected chi connectivity index (χ3v) is 2.98. The second-order valence-electron chi connectivity index (χ2n) is 3.53. The van der Waals surface area contributed by atoms with E-state index in [1.54, 1.807) is 0 Å². The van der Waals surface area contributed by atoms with E-state index in [0.29, 0.717) is 11.7 Å². The quantitative estimate of drug-likeness (QED) is 0.606. The maximum Gasteiger partial charge on any atom is 0.363 e. The monoisotopic (exact) mass is 314 g/mol. The molecule has 0 saturated carbocycles. The molecule has 1 heterocycles. The minimum atomic E-state index is -1.85. The fourth-order valence-corrected chi connectivity index (χ4v) is 2.30. The van der Waals surface area contributed by atoms with Gasteiger partial charge in [-0.1, -0.05) is 0 Å². The second kappa shape index (κ2) is 4.71. The predicted molar refractivity (Wildman–Crippen MR) is 64.6 cm³/mol. The molecule has 0 radical (unpaired) electrons. The van der Waals surface area contributed by atoms with Crippen LogP contribution in [0.25, 0.3) is 11.0 Å². The summed E-state index contributed by atoms with van der Waals surface area (Å²) in [6.45, 7) is 0. The third kappa shape index (κ3) is 2.00. The van der Waals surface area contributed by atoms with Crippen LogP contribution in [0.5, 0.6) is 0 Å². The zero-order chi connectivity index (χ0) is 15.9. The molecule has 108 valence electrons. The molecule has 0 bridgehead atoms. The standard InChI is InChI=1S/C8H2N4O8S/c13-7(14)1-3-4(10-21-9-3)2(8(15)16)6(12(19)20)5(1)11(17)18/h(H,13,14)(H,15,16). The van der Waals surface area contributed by atoms with Crippen molar-refractivity contribution in [2.45, 2.75) is 0 Å². The Morgan fingerprint density at radius 2 is 1.24 bits per heavy atom. The number of nitro groups is 2. The molecule has 0 aliphatic rings. The Balaban J connectivity index is 3.20. The molecule has 0 atom stereocenters. The van der Waals surface area contributed by atoms with Gasteiger partial charge in [0.1, 0.15) is 11.0 Å². The topological polar surface area (TPSA) is 187 Å². The highest BCUT2D eigenvalue weighted by molar-refractivity contribution is 7.00. The van der Waals surface area contributed by atoms with E-state index in [4.69, 9.17) is 10.2 Å². The molecule has 12 nitrogen and oxygen atoms in total. The largest absolute Gasteiger partial charge is 0.477 e. The molecule has 2 aromatic rings. The maximum atomic E-state index is 11.2. The first-order chi connectivity index (χ1) is 9.77. The molecule has 2 rings (SSSR count). The summed E-state index contributed by atoms with van der Waals surface area (Å²) in [7, 11) is 0. The van der Waals surface area contributed by atoms with Gasteiger partial charge in [0.2, 0.25) is 0 Å². The summed E-state index contributed by atoms with van der Waals surface area (Å²) in [5.41, 5.74) is -6.18. The number of carboxylic acid groups (broad SMARTS) is 2. The fraction of sp³-hybridized carbons (Fsp3) is 0. The molecular weight excluding hydrogens is 312 g/mol. The van der Waals surface area contributed by atoms with E-state index in [1.165, 1.54) is 0 Å². The smallest absolute Gasteiger partial charge is 0.363 e. The Bertz CT molecular complexity index is 761. The summed E-state index contributed by atoms with van der Waals surface area (Å²) in [4.78, 5) is 41.6. The van der Waals surface area contributed by atoms with Crippen molar-refractivity contribution in [2.24, 2.45) is 0 Å². The van der Waals surface area contributed by atoms with Crippen LogP contribution in [0, 0.1) is 20.2 Å². The average Bonchev–Trinajstić information content (AvgIpc) is 2.82. The van der Waals surface area contributed by atoms with Gasteiger partial charge in [-0.25, -0.2) is 9.59 Å². The van der Waals surface area contributed by atoms with Crippen LogP contribution in [0.2, 0.25) is 0 Å². The van der Waals surface area contributed by atoms with Crippen molar-refractivity contribution >= 4 is 46.1 Å². The Labute approximate surface area is 116 Å². The predicted octanol–water partition coefficient (Wildman–Crippen LogP) is 0.904. The highest BCUT2D eigenvalue weighted by Crippen LogP contribution is 2.40. The number of hydrogen-bond acceptors (Lipinski definition) is 9. The van der Waals surface area contributed by atoms with Crippen molar-refractivity contribution in [3.8, 4) is 0 Å². The number of aromatic nitrogens is 2. The molecule has 0 aliphatic carbocycles. The summed E-state index contributed by atoms with van der Waals surface area (Å²) in [5.74, 6) is -3.70. The Morgan fingerprint density at radius 1 is 0.905 bits per heavy atom. The number of rotatable bonds is 4. The van der Waals surface area contributed by atoms with Crippen molar-refractivity contribution in [2.75, 3.05) is 0 Å². The summed E-state index contributed by atoms with van der Waals surface area (Å²) < 4.78 is 6.97. The zero-order valence-corrected chi connectivity index (χ0v) is 10.4. The van der Waals surface area contributed by atoms with Gasteiger partial charge in [0.05, 0.1) is 21.6 Å². The van der Waals surface area contributed by atoms with Gasteiger partial charge in [0.15, 0.2) is 11.1 Å². The van der Waals surface area contributed by atoms with Crippen molar-refractivity contribution in [3.05, 3.63) is 31.4 Å². The van der Waals surface area contributed by atoms with Gasteiger partial charge in [-0.3, -0.25) is 20.2 Å². The number of nitrogens with zero attached hydrogens (tertiary/aromatic N) is 4. The van der Waals surface area contributed by atoms with Gasteiger partial charge in [-0.05, 0) is 0 Å². The number of carboxylic acids is 2. The number of hydrogen-bond donors (Lipinski definition) is 2. The number of benzene rings is 1. The van der Waals surface area contributed by atoms with Crippen molar-refractivity contribution in [1.29, 1.82) is 0 Å². The highest BCUT2D eigenvalue weighted by Gasteiger charge is 2.42. The lowest BCUT2D eigenvalue weighted by atomic mass is 10.0. The first kappa shape index (κ1) is 14.2. The van der Waals surface area contributed by atoms with Crippen LogP contribution < -0.4 is 0 Å². The second-order valence-corrected chi connectivity index (χ2v) is 4.06.